The van der Waals surface area contributed by atoms with Gasteiger partial charge in [-0.05, 0) is 45.2 Å². The van der Waals surface area contributed by atoms with Crippen LogP contribution in [0.5, 0.6) is 0 Å². The molecule has 0 atom stereocenters. The maximum atomic E-state index is 10.6. The van der Waals surface area contributed by atoms with E-state index in [1.165, 1.54) is 15.8 Å². The van der Waals surface area contributed by atoms with Gasteiger partial charge in [-0.3, -0.25) is 4.68 Å². The van der Waals surface area contributed by atoms with E-state index in [0.29, 0.717) is 5.92 Å². The lowest BCUT2D eigenvalue weighted by molar-refractivity contribution is -0.193. The van der Waals surface area contributed by atoms with Gasteiger partial charge in [0.25, 0.3) is 0 Å². The standard InChI is InChI=1S/C18H25N7S.2C2HF3O2/c1-12-13(2)26-18-16(12)17(20-11-21-18)24-6-4-14(5-7-24)9-25-10-15(8-19-3)22-23-25;2*3-2(4,5)1(6)7/h10-11,14,19H,4-9H2,1-3H3;2*(H,6,7). The summed E-state index contributed by atoms with van der Waals surface area (Å²) in [5, 5.41) is 27.1. The summed E-state index contributed by atoms with van der Waals surface area (Å²) in [5.41, 5.74) is 2.32. The van der Waals surface area contributed by atoms with Gasteiger partial charge in [0, 0.05) is 37.3 Å². The number of nitrogens with one attached hydrogen (secondary N) is 1. The van der Waals surface area contributed by atoms with Gasteiger partial charge in [-0.15, -0.1) is 16.4 Å². The Morgan fingerprint density at radius 2 is 1.60 bits per heavy atom. The van der Waals surface area contributed by atoms with Crippen LogP contribution in [-0.4, -0.2) is 79.6 Å². The highest BCUT2D eigenvalue weighted by atomic mass is 32.1. The maximum Gasteiger partial charge on any atom is 0.490 e. The Labute approximate surface area is 227 Å². The second-order valence-electron chi connectivity index (χ2n) is 8.66. The Morgan fingerprint density at radius 1 is 1.05 bits per heavy atom. The third-order valence-electron chi connectivity index (χ3n) is 5.73. The van der Waals surface area contributed by atoms with Crippen molar-refractivity contribution in [3.63, 3.8) is 0 Å². The first-order valence-electron chi connectivity index (χ1n) is 11.6. The number of carboxylic acid groups (broad SMARTS) is 2. The summed E-state index contributed by atoms with van der Waals surface area (Å²) in [6.45, 7) is 8.12. The Hall–Kier alpha value is -3.54. The van der Waals surface area contributed by atoms with Gasteiger partial charge in [-0.25, -0.2) is 19.6 Å². The molecule has 0 spiro atoms. The highest BCUT2D eigenvalue weighted by Gasteiger charge is 2.38. The molecular formula is C22H27F6N7O4S. The van der Waals surface area contributed by atoms with Crippen LogP contribution in [0.4, 0.5) is 32.2 Å². The van der Waals surface area contributed by atoms with Crippen LogP contribution in [-0.2, 0) is 22.7 Å². The first-order chi connectivity index (χ1) is 18.5. The molecule has 3 aromatic rings. The van der Waals surface area contributed by atoms with Crippen LogP contribution in [0.3, 0.4) is 0 Å². The van der Waals surface area contributed by atoms with Crippen molar-refractivity contribution < 1.29 is 46.1 Å². The van der Waals surface area contributed by atoms with E-state index >= 15 is 0 Å². The molecule has 18 heteroatoms. The largest absolute Gasteiger partial charge is 0.490 e. The fraction of sp³-hybridized carbons (Fsp3) is 0.545. The van der Waals surface area contributed by atoms with E-state index in [4.69, 9.17) is 19.8 Å². The average Bonchev–Trinajstić information content (AvgIpc) is 3.42. The minimum atomic E-state index is -5.08. The molecule has 1 saturated heterocycles. The van der Waals surface area contributed by atoms with E-state index in [0.717, 1.165) is 55.4 Å². The first-order valence-corrected chi connectivity index (χ1v) is 12.5. The van der Waals surface area contributed by atoms with Crippen molar-refractivity contribution in [2.75, 3.05) is 25.0 Å². The molecule has 3 N–H and O–H groups in total. The third kappa shape index (κ3) is 9.29. The summed E-state index contributed by atoms with van der Waals surface area (Å²) >= 11 is 1.76. The van der Waals surface area contributed by atoms with Crippen LogP contribution >= 0.6 is 11.3 Å². The molecule has 0 saturated carbocycles. The second kappa shape index (κ2) is 13.7. The van der Waals surface area contributed by atoms with Crippen LogP contribution in [0.2, 0.25) is 0 Å². The molecule has 40 heavy (non-hydrogen) atoms. The third-order valence-corrected chi connectivity index (χ3v) is 6.85. The molecule has 0 aromatic carbocycles. The quantitative estimate of drug-likeness (QED) is 0.370. The fourth-order valence-corrected chi connectivity index (χ4v) is 4.68. The molecule has 4 heterocycles. The number of anilines is 1. The molecule has 0 amide bonds. The maximum absolute atomic E-state index is 10.6. The summed E-state index contributed by atoms with van der Waals surface area (Å²) in [4.78, 5) is 31.7. The van der Waals surface area contributed by atoms with Gasteiger partial charge in [-0.2, -0.15) is 26.3 Å². The second-order valence-corrected chi connectivity index (χ2v) is 9.86. The van der Waals surface area contributed by atoms with Crippen LogP contribution in [0, 0.1) is 19.8 Å². The number of aryl methyl sites for hydroxylation is 2. The molecule has 4 rings (SSSR count). The van der Waals surface area contributed by atoms with E-state index in [1.807, 2.05) is 17.9 Å². The number of hydrogen-bond donors (Lipinski definition) is 3. The molecule has 222 valence electrons. The lowest BCUT2D eigenvalue weighted by Crippen LogP contribution is -2.35. The van der Waals surface area contributed by atoms with Crippen LogP contribution in [0.1, 0.15) is 29.0 Å². The van der Waals surface area contributed by atoms with E-state index in [9.17, 15) is 26.3 Å². The number of hydrogen-bond acceptors (Lipinski definition) is 9. The number of fused-ring (bicyclic) bond motifs is 1. The van der Waals surface area contributed by atoms with Gasteiger partial charge in [0.15, 0.2) is 0 Å². The van der Waals surface area contributed by atoms with Gasteiger partial charge < -0.3 is 20.4 Å². The zero-order valence-corrected chi connectivity index (χ0v) is 22.4. The number of aliphatic carboxylic acids is 2. The van der Waals surface area contributed by atoms with Gasteiger partial charge in [-0.1, -0.05) is 5.21 Å². The Morgan fingerprint density at radius 3 is 2.10 bits per heavy atom. The van der Waals surface area contributed by atoms with Crippen molar-refractivity contribution >= 4 is 39.3 Å². The van der Waals surface area contributed by atoms with Crippen molar-refractivity contribution in [3.8, 4) is 0 Å². The van der Waals surface area contributed by atoms with Crippen LogP contribution < -0.4 is 10.2 Å². The molecule has 3 aromatic heterocycles. The van der Waals surface area contributed by atoms with Crippen LogP contribution in [0.25, 0.3) is 10.2 Å². The summed E-state index contributed by atoms with van der Waals surface area (Å²) < 4.78 is 65.5. The Kier molecular flexibility index (Phi) is 11.2. The number of halogens is 6. The molecule has 1 aliphatic heterocycles. The molecule has 1 fully saturated rings. The molecule has 1 aliphatic rings. The number of carboxylic acids is 2. The molecule has 0 aliphatic carbocycles. The van der Waals surface area contributed by atoms with E-state index < -0.39 is 24.3 Å². The number of rotatable bonds is 5. The zero-order valence-electron chi connectivity index (χ0n) is 21.5. The fourth-order valence-electron chi connectivity index (χ4n) is 3.69. The van der Waals surface area contributed by atoms with Crippen LogP contribution in [0.15, 0.2) is 12.5 Å². The number of alkyl halides is 6. The van der Waals surface area contributed by atoms with Crippen molar-refractivity contribution in [2.24, 2.45) is 5.92 Å². The predicted octanol–water partition coefficient (Wildman–Crippen LogP) is 3.80. The van der Waals surface area contributed by atoms with Crippen molar-refractivity contribution in [1.29, 1.82) is 0 Å². The number of thiophene rings is 1. The number of carbonyl (C=O) groups is 2. The zero-order chi connectivity index (χ0) is 30.3. The molecule has 0 unspecified atom stereocenters. The van der Waals surface area contributed by atoms with E-state index in [2.05, 4.69) is 44.3 Å². The topological polar surface area (TPSA) is 146 Å². The summed E-state index contributed by atoms with van der Waals surface area (Å²) in [7, 11) is 1.93. The normalized spacial score (nSPS) is 14.3. The number of piperidine rings is 1. The first kappa shape index (κ1) is 32.7. The predicted molar refractivity (Wildman–Crippen MR) is 132 cm³/mol. The van der Waals surface area contributed by atoms with E-state index in [1.54, 1.807) is 17.7 Å². The minimum Gasteiger partial charge on any atom is -0.475 e. The smallest absolute Gasteiger partial charge is 0.475 e. The summed E-state index contributed by atoms with van der Waals surface area (Å²) in [6.07, 6.45) is -4.12. The molecule has 0 bridgehead atoms. The Balaban J connectivity index is 0.000000333. The number of aromatic nitrogens is 5. The lowest BCUT2D eigenvalue weighted by atomic mass is 9.96. The van der Waals surface area contributed by atoms with Crippen molar-refractivity contribution in [1.82, 2.24) is 30.3 Å². The van der Waals surface area contributed by atoms with Gasteiger partial charge in [0.1, 0.15) is 17.0 Å². The van der Waals surface area contributed by atoms with Gasteiger partial charge in [0.05, 0.1) is 11.1 Å². The van der Waals surface area contributed by atoms with Gasteiger partial charge in [0.2, 0.25) is 0 Å². The average molecular weight is 600 g/mol. The summed E-state index contributed by atoms with van der Waals surface area (Å²) in [5.74, 6) is -3.77. The Bertz CT molecular complexity index is 1260. The summed E-state index contributed by atoms with van der Waals surface area (Å²) in [6, 6.07) is 0. The van der Waals surface area contributed by atoms with Gasteiger partial charge >= 0.3 is 24.3 Å². The lowest BCUT2D eigenvalue weighted by Gasteiger charge is -2.33. The number of nitrogens with zero attached hydrogens (tertiary/aromatic N) is 6. The monoisotopic (exact) mass is 599 g/mol. The SMILES string of the molecule is CNCc1cn(CC2CCN(c3ncnc4sc(C)c(C)c34)CC2)nn1.O=C(O)C(F)(F)F.O=C(O)C(F)(F)F. The highest BCUT2D eigenvalue weighted by Crippen LogP contribution is 2.35. The van der Waals surface area contributed by atoms with Crippen molar-refractivity contribution in [2.45, 2.75) is 52.1 Å². The molecule has 11 nitrogen and oxygen atoms in total. The highest BCUT2D eigenvalue weighted by molar-refractivity contribution is 7.18. The molecule has 0 radical (unpaired) electrons. The molecular weight excluding hydrogens is 572 g/mol. The van der Waals surface area contributed by atoms with E-state index in [-0.39, 0.29) is 0 Å². The minimum absolute atomic E-state index is 0.637. The van der Waals surface area contributed by atoms with Crippen molar-refractivity contribution in [3.05, 3.63) is 28.7 Å².